The molecule has 2 aliphatic rings. The Morgan fingerprint density at radius 3 is 2.41 bits per heavy atom. The molecule has 174 valence electrons. The van der Waals surface area contributed by atoms with Gasteiger partial charge in [-0.1, -0.05) is 6.07 Å². The molecule has 0 atom stereocenters. The third-order valence-electron chi connectivity index (χ3n) is 7.07. The van der Waals surface area contributed by atoms with E-state index in [4.69, 9.17) is 4.74 Å². The Morgan fingerprint density at radius 2 is 1.81 bits per heavy atom. The Bertz CT molecular complexity index is 1060. The lowest BCUT2D eigenvalue weighted by Crippen LogP contribution is -2.54. The fraction of sp³-hybridized carbons (Fsp3) is 0.577. The second-order valence-corrected chi connectivity index (χ2v) is 13.2. The first kappa shape index (κ1) is 23.2. The van der Waals surface area contributed by atoms with E-state index >= 15 is 0 Å². The van der Waals surface area contributed by atoms with E-state index in [1.54, 1.807) is 20.0 Å². The normalized spacial score (nSPS) is 19.1. The summed E-state index contributed by atoms with van der Waals surface area (Å²) in [7, 11) is -3.13. The maximum absolute atomic E-state index is 12.2. The van der Waals surface area contributed by atoms with Crippen molar-refractivity contribution >= 4 is 9.84 Å². The number of aryl methyl sites for hydroxylation is 1. The van der Waals surface area contributed by atoms with Crippen LogP contribution in [0, 0.1) is 0 Å². The lowest BCUT2D eigenvalue weighted by atomic mass is 9.81. The van der Waals surface area contributed by atoms with E-state index in [0.717, 1.165) is 61.3 Å². The molecule has 1 saturated heterocycles. The van der Waals surface area contributed by atoms with Crippen LogP contribution in [0.25, 0.3) is 11.3 Å². The van der Waals surface area contributed by atoms with Gasteiger partial charge in [0.05, 0.1) is 16.7 Å². The van der Waals surface area contributed by atoms with E-state index in [0.29, 0.717) is 0 Å². The van der Waals surface area contributed by atoms with E-state index in [9.17, 15) is 8.42 Å². The number of ether oxygens (including phenoxy) is 1. The van der Waals surface area contributed by atoms with Gasteiger partial charge in [0.15, 0.2) is 9.84 Å². The first-order chi connectivity index (χ1) is 15.0. The maximum atomic E-state index is 12.2. The number of hydrogen-bond acceptors (Lipinski definition) is 5. The van der Waals surface area contributed by atoms with Crippen molar-refractivity contribution in [1.29, 1.82) is 0 Å². The predicted octanol–water partition coefficient (Wildman–Crippen LogP) is 5.03. The molecule has 1 aromatic carbocycles. The van der Waals surface area contributed by atoms with Crippen LogP contribution in [0.5, 0.6) is 5.75 Å². The number of hydrogen-bond donors (Lipinski definition) is 0. The fourth-order valence-corrected chi connectivity index (χ4v) is 5.67. The highest BCUT2D eigenvalue weighted by atomic mass is 32.2. The number of likely N-dealkylation sites (tertiary alicyclic amines) is 1. The third-order valence-corrected chi connectivity index (χ3v) is 9.24. The maximum Gasteiger partial charge on any atom is 0.156 e. The molecule has 0 saturated carbocycles. The molecule has 0 amide bonds. The zero-order valence-corrected chi connectivity index (χ0v) is 20.8. The molecule has 0 bridgehead atoms. The van der Waals surface area contributed by atoms with E-state index in [1.807, 2.05) is 12.1 Å². The Hall–Kier alpha value is -1.92. The summed E-state index contributed by atoms with van der Waals surface area (Å²) >= 11 is 0. The van der Waals surface area contributed by atoms with Crippen molar-refractivity contribution in [3.05, 3.63) is 47.7 Å². The molecular weight excluding hydrogens is 420 g/mol. The monoisotopic (exact) mass is 456 g/mol. The fourth-order valence-electron chi connectivity index (χ4n) is 4.70. The Morgan fingerprint density at radius 1 is 1.09 bits per heavy atom. The summed E-state index contributed by atoms with van der Waals surface area (Å²) in [6, 6.07) is 10.1. The minimum atomic E-state index is -3.13. The van der Waals surface area contributed by atoms with Crippen LogP contribution in [0.4, 0.5) is 0 Å². The molecule has 0 N–H and O–H groups in total. The number of benzene rings is 1. The van der Waals surface area contributed by atoms with Gasteiger partial charge in [0.25, 0.3) is 0 Å². The molecule has 2 aromatic rings. The number of piperidine rings is 1. The van der Waals surface area contributed by atoms with E-state index in [2.05, 4.69) is 48.9 Å². The first-order valence-corrected chi connectivity index (χ1v) is 13.4. The summed E-state index contributed by atoms with van der Waals surface area (Å²) in [6.45, 7) is 12.4. The molecule has 5 nitrogen and oxygen atoms in total. The number of pyridine rings is 1. The van der Waals surface area contributed by atoms with Crippen LogP contribution in [0.15, 0.2) is 36.5 Å². The minimum Gasteiger partial charge on any atom is -0.487 e. The quantitative estimate of drug-likeness (QED) is 0.646. The number of fused-ring (bicyclic) bond motifs is 1. The van der Waals surface area contributed by atoms with Gasteiger partial charge < -0.3 is 4.74 Å². The van der Waals surface area contributed by atoms with Gasteiger partial charge in [-0.05, 0) is 95.7 Å². The largest absolute Gasteiger partial charge is 0.487 e. The first-order valence-electron chi connectivity index (χ1n) is 11.7. The molecule has 32 heavy (non-hydrogen) atoms. The van der Waals surface area contributed by atoms with E-state index < -0.39 is 9.84 Å². The van der Waals surface area contributed by atoms with Crippen LogP contribution >= 0.6 is 0 Å². The number of aromatic nitrogens is 1. The average Bonchev–Trinajstić information content (AvgIpc) is 2.73. The third kappa shape index (κ3) is 4.86. The number of nitrogens with zero attached hydrogens (tertiary/aromatic N) is 2. The molecule has 0 unspecified atom stereocenters. The van der Waals surface area contributed by atoms with Gasteiger partial charge in [-0.3, -0.25) is 9.88 Å². The van der Waals surface area contributed by atoms with Crippen LogP contribution in [0.2, 0.25) is 0 Å². The highest BCUT2D eigenvalue weighted by molar-refractivity contribution is 7.91. The smallest absolute Gasteiger partial charge is 0.156 e. The summed E-state index contributed by atoms with van der Waals surface area (Å²) in [5, 5.41) is -0.383. The molecule has 0 aliphatic carbocycles. The second kappa shape index (κ2) is 8.45. The van der Waals surface area contributed by atoms with Crippen molar-refractivity contribution in [2.45, 2.75) is 82.4 Å². The Kier molecular flexibility index (Phi) is 6.14. The second-order valence-electron chi connectivity index (χ2n) is 10.7. The zero-order valence-electron chi connectivity index (χ0n) is 20.0. The van der Waals surface area contributed by atoms with Crippen molar-refractivity contribution in [1.82, 2.24) is 9.88 Å². The van der Waals surface area contributed by atoms with Crippen molar-refractivity contribution in [2.75, 3.05) is 13.1 Å². The van der Waals surface area contributed by atoms with Gasteiger partial charge in [-0.2, -0.15) is 0 Å². The summed E-state index contributed by atoms with van der Waals surface area (Å²) in [5.41, 5.74) is 4.05. The Labute approximate surface area is 193 Å². The van der Waals surface area contributed by atoms with Crippen LogP contribution in [-0.4, -0.2) is 47.8 Å². The molecule has 3 heterocycles. The van der Waals surface area contributed by atoms with Crippen molar-refractivity contribution < 1.29 is 13.2 Å². The molecule has 4 rings (SSSR count). The lowest BCUT2D eigenvalue weighted by molar-refractivity contribution is -0.0355. The minimum absolute atomic E-state index is 0.0297. The van der Waals surface area contributed by atoms with Gasteiger partial charge in [-0.25, -0.2) is 8.42 Å². The molecule has 2 aliphatic heterocycles. The molecular formula is C26H36N2O3S. The lowest BCUT2D eigenvalue weighted by Gasteiger charge is -2.48. The summed E-state index contributed by atoms with van der Waals surface area (Å²) in [4.78, 5) is 7.10. The Balaban J connectivity index is 1.46. The van der Waals surface area contributed by atoms with Gasteiger partial charge in [0, 0.05) is 30.4 Å². The molecule has 1 aromatic heterocycles. The van der Waals surface area contributed by atoms with Crippen molar-refractivity contribution in [3.63, 3.8) is 0 Å². The average molecular weight is 457 g/mol. The topological polar surface area (TPSA) is 59.5 Å². The van der Waals surface area contributed by atoms with Crippen molar-refractivity contribution in [3.8, 4) is 17.0 Å². The van der Waals surface area contributed by atoms with Crippen LogP contribution in [0.3, 0.4) is 0 Å². The van der Waals surface area contributed by atoms with E-state index in [-0.39, 0.29) is 22.1 Å². The summed E-state index contributed by atoms with van der Waals surface area (Å²) < 4.78 is 30.9. The number of sulfone groups is 1. The highest BCUT2D eigenvalue weighted by Crippen LogP contribution is 2.41. The van der Waals surface area contributed by atoms with Crippen molar-refractivity contribution in [2.24, 2.45) is 0 Å². The molecule has 1 spiro atoms. The van der Waals surface area contributed by atoms with Crippen LogP contribution < -0.4 is 4.74 Å². The van der Waals surface area contributed by atoms with E-state index in [1.165, 1.54) is 5.56 Å². The van der Waals surface area contributed by atoms with Crippen LogP contribution in [-0.2, 0) is 22.0 Å². The van der Waals surface area contributed by atoms with Gasteiger partial charge >= 0.3 is 0 Å². The number of rotatable bonds is 4. The molecule has 1 fully saturated rings. The zero-order chi connectivity index (χ0) is 23.1. The standard InChI is InChI=1S/C26H36N2O3S/c1-19(2)32(29,30)18-20-6-8-23(27-17-20)21-7-9-24-22(16-21)10-11-26(31-24)12-14-28(15-13-26)25(3,4)5/h6-9,16-17,19H,10-15,18H2,1-5H3. The summed E-state index contributed by atoms with van der Waals surface area (Å²) in [5.74, 6) is 1.04. The van der Waals surface area contributed by atoms with Gasteiger partial charge in [0.1, 0.15) is 11.4 Å². The highest BCUT2D eigenvalue weighted by Gasteiger charge is 2.41. The molecule has 6 heteroatoms. The SMILES string of the molecule is CC(C)S(=O)(=O)Cc1ccc(-c2ccc3c(c2)CCC2(CCN(C(C)(C)C)CC2)O3)nc1. The molecule has 0 radical (unpaired) electrons. The summed E-state index contributed by atoms with van der Waals surface area (Å²) in [6.07, 6.45) is 5.91. The predicted molar refractivity (Wildman–Crippen MR) is 130 cm³/mol. The van der Waals surface area contributed by atoms with Gasteiger partial charge in [0.2, 0.25) is 0 Å². The van der Waals surface area contributed by atoms with Crippen LogP contribution in [0.1, 0.15) is 65.0 Å². The van der Waals surface area contributed by atoms with Gasteiger partial charge in [-0.15, -0.1) is 0 Å².